The molecule has 0 saturated carbocycles. The SMILES string of the molecule is COC(CO)COCC(O)COCC(CO)OCC(O)COC(COCC(O)CO)COC(C)=O. The van der Waals surface area contributed by atoms with E-state index in [0.717, 1.165) is 0 Å². The van der Waals surface area contributed by atoms with Crippen LogP contribution in [0.4, 0.5) is 0 Å². The molecule has 210 valence electrons. The summed E-state index contributed by atoms with van der Waals surface area (Å²) in [5.74, 6) is -0.523. The van der Waals surface area contributed by atoms with E-state index in [-0.39, 0.29) is 72.7 Å². The first kappa shape index (κ1) is 34.0. The van der Waals surface area contributed by atoms with Crippen molar-refractivity contribution in [1.29, 1.82) is 0 Å². The van der Waals surface area contributed by atoms with Gasteiger partial charge < -0.3 is 63.8 Å². The lowest BCUT2D eigenvalue weighted by molar-refractivity contribution is -0.150. The van der Waals surface area contributed by atoms with E-state index >= 15 is 0 Å². The van der Waals surface area contributed by atoms with Gasteiger partial charge in [0.05, 0.1) is 72.7 Å². The number of carbonyl (C=O) groups is 1. The van der Waals surface area contributed by atoms with Crippen molar-refractivity contribution in [2.45, 2.75) is 43.5 Å². The fourth-order valence-electron chi connectivity index (χ4n) is 2.35. The van der Waals surface area contributed by atoms with Gasteiger partial charge in [-0.15, -0.1) is 0 Å². The summed E-state index contributed by atoms with van der Waals surface area (Å²) in [6.07, 6.45) is -5.02. The van der Waals surface area contributed by atoms with Crippen molar-refractivity contribution in [3.05, 3.63) is 0 Å². The zero-order valence-electron chi connectivity index (χ0n) is 20.4. The van der Waals surface area contributed by atoms with Crippen LogP contribution in [0.5, 0.6) is 0 Å². The Hall–Kier alpha value is -1.01. The van der Waals surface area contributed by atoms with E-state index in [2.05, 4.69) is 0 Å². The molecular weight excluding hydrogens is 476 g/mol. The summed E-state index contributed by atoms with van der Waals surface area (Å²) in [4.78, 5) is 11.0. The van der Waals surface area contributed by atoms with Gasteiger partial charge in [-0.05, 0) is 0 Å². The zero-order valence-corrected chi connectivity index (χ0v) is 20.4. The van der Waals surface area contributed by atoms with Crippen molar-refractivity contribution in [2.24, 2.45) is 0 Å². The molecule has 0 aromatic heterocycles. The molecule has 0 aliphatic rings. The van der Waals surface area contributed by atoms with E-state index in [1.165, 1.54) is 14.0 Å². The molecule has 0 bridgehead atoms. The molecule has 0 aliphatic carbocycles. The summed E-state index contributed by atoms with van der Waals surface area (Å²) in [5.41, 5.74) is 0. The first-order chi connectivity index (χ1) is 16.7. The van der Waals surface area contributed by atoms with Gasteiger partial charge in [0.25, 0.3) is 0 Å². The fraction of sp³-hybridized carbons (Fsp3) is 0.952. The molecule has 0 radical (unpaired) electrons. The van der Waals surface area contributed by atoms with Crippen molar-refractivity contribution in [3.63, 3.8) is 0 Å². The Morgan fingerprint density at radius 1 is 0.600 bits per heavy atom. The fourth-order valence-corrected chi connectivity index (χ4v) is 2.35. The molecule has 6 unspecified atom stereocenters. The third-order valence-corrected chi connectivity index (χ3v) is 4.31. The van der Waals surface area contributed by atoms with Crippen LogP contribution < -0.4 is 0 Å². The van der Waals surface area contributed by atoms with Gasteiger partial charge in [-0.3, -0.25) is 4.79 Å². The number of hydrogen-bond acceptors (Lipinski definition) is 14. The smallest absolute Gasteiger partial charge is 0.302 e. The van der Waals surface area contributed by atoms with Crippen LogP contribution in [-0.4, -0.2) is 160 Å². The van der Waals surface area contributed by atoms with Crippen LogP contribution in [0.25, 0.3) is 0 Å². The van der Waals surface area contributed by atoms with Gasteiger partial charge in [-0.2, -0.15) is 0 Å². The van der Waals surface area contributed by atoms with Gasteiger partial charge in [-0.25, -0.2) is 0 Å². The van der Waals surface area contributed by atoms with E-state index in [1.807, 2.05) is 0 Å². The lowest BCUT2D eigenvalue weighted by Crippen LogP contribution is -2.35. The summed E-state index contributed by atoms with van der Waals surface area (Å²) >= 11 is 0. The normalized spacial score (nSPS) is 16.9. The van der Waals surface area contributed by atoms with Crippen LogP contribution in [0, 0.1) is 0 Å². The first-order valence-electron chi connectivity index (χ1n) is 11.2. The number of rotatable bonds is 24. The van der Waals surface area contributed by atoms with Crippen LogP contribution in [0.3, 0.4) is 0 Å². The summed E-state index contributed by atoms with van der Waals surface area (Å²) in [6.45, 7) is -0.576. The Balaban J connectivity index is 4.19. The van der Waals surface area contributed by atoms with E-state index in [1.54, 1.807) is 0 Å². The maximum atomic E-state index is 11.0. The molecule has 0 spiro atoms. The highest BCUT2D eigenvalue weighted by Crippen LogP contribution is 2.02. The monoisotopic (exact) mass is 518 g/mol. The molecule has 0 aromatic rings. The number of aliphatic hydroxyl groups excluding tert-OH is 6. The third kappa shape index (κ3) is 19.8. The summed E-state index contributed by atoms with van der Waals surface area (Å²) in [7, 11) is 1.44. The second kappa shape index (κ2) is 22.2. The lowest BCUT2D eigenvalue weighted by atomic mass is 10.3. The van der Waals surface area contributed by atoms with Gasteiger partial charge in [0.2, 0.25) is 0 Å². The molecule has 0 saturated heterocycles. The predicted molar refractivity (Wildman–Crippen MR) is 119 cm³/mol. The highest BCUT2D eigenvalue weighted by molar-refractivity contribution is 5.65. The van der Waals surface area contributed by atoms with Crippen molar-refractivity contribution >= 4 is 5.97 Å². The summed E-state index contributed by atoms with van der Waals surface area (Å²) < 4.78 is 36.4. The van der Waals surface area contributed by atoms with Crippen molar-refractivity contribution in [2.75, 3.05) is 86.4 Å². The molecule has 0 amide bonds. The van der Waals surface area contributed by atoms with Crippen LogP contribution in [0.15, 0.2) is 0 Å². The molecule has 0 aromatic carbocycles. The molecule has 14 nitrogen and oxygen atoms in total. The number of esters is 1. The minimum absolute atomic E-state index is 0.0300. The molecule has 0 heterocycles. The topological polar surface area (TPSA) is 203 Å². The molecule has 6 N–H and O–H groups in total. The minimum atomic E-state index is -1.08. The van der Waals surface area contributed by atoms with Crippen molar-refractivity contribution in [3.8, 4) is 0 Å². The van der Waals surface area contributed by atoms with E-state index < -0.39 is 49.2 Å². The molecule has 0 rings (SSSR count). The lowest BCUT2D eigenvalue weighted by Gasteiger charge is -2.22. The first-order valence-corrected chi connectivity index (χ1v) is 11.2. The van der Waals surface area contributed by atoms with Crippen LogP contribution >= 0.6 is 0 Å². The quantitative estimate of drug-likeness (QED) is 0.0685. The van der Waals surface area contributed by atoms with Gasteiger partial charge in [0.15, 0.2) is 0 Å². The Morgan fingerprint density at radius 3 is 1.54 bits per heavy atom. The summed E-state index contributed by atoms with van der Waals surface area (Å²) in [6, 6.07) is 0. The van der Waals surface area contributed by atoms with Crippen LogP contribution in [0.1, 0.15) is 6.92 Å². The molecular formula is C21H42O14. The standard InChI is InChI=1S/C21H42O14/c1-15(25)33-14-21(13-30-6-16(26)3-22)35-10-18(28)9-34-20(5-24)12-32-8-17(27)7-31-11-19(4-23)29-2/h16-24,26-28H,3-14H2,1-2H3. The van der Waals surface area contributed by atoms with Gasteiger partial charge >= 0.3 is 5.97 Å². The van der Waals surface area contributed by atoms with Crippen molar-refractivity contribution < 1.29 is 68.6 Å². The Morgan fingerprint density at radius 2 is 1.06 bits per heavy atom. The summed E-state index contributed by atoms with van der Waals surface area (Å²) in [5, 5.41) is 56.4. The Labute approximate surface area is 205 Å². The second-order valence-electron chi connectivity index (χ2n) is 7.69. The maximum Gasteiger partial charge on any atom is 0.302 e. The van der Waals surface area contributed by atoms with Gasteiger partial charge in [0, 0.05) is 14.0 Å². The highest BCUT2D eigenvalue weighted by atomic mass is 16.6. The maximum absolute atomic E-state index is 11.0. The molecule has 14 heteroatoms. The average Bonchev–Trinajstić information content (AvgIpc) is 2.84. The molecule has 0 fully saturated rings. The van der Waals surface area contributed by atoms with Crippen LogP contribution in [-0.2, 0) is 38.0 Å². The van der Waals surface area contributed by atoms with E-state index in [9.17, 15) is 25.2 Å². The van der Waals surface area contributed by atoms with Crippen LogP contribution in [0.2, 0.25) is 0 Å². The largest absolute Gasteiger partial charge is 0.463 e. The number of methoxy groups -OCH3 is 1. The minimum Gasteiger partial charge on any atom is -0.463 e. The highest BCUT2D eigenvalue weighted by Gasteiger charge is 2.18. The third-order valence-electron chi connectivity index (χ3n) is 4.31. The number of aliphatic hydroxyl groups is 6. The Bertz CT molecular complexity index is 493. The van der Waals surface area contributed by atoms with Crippen molar-refractivity contribution in [1.82, 2.24) is 0 Å². The van der Waals surface area contributed by atoms with E-state index in [4.69, 9.17) is 43.4 Å². The number of carbonyl (C=O) groups excluding carboxylic acids is 1. The second-order valence-corrected chi connectivity index (χ2v) is 7.69. The van der Waals surface area contributed by atoms with Gasteiger partial charge in [-0.1, -0.05) is 0 Å². The molecule has 0 aliphatic heterocycles. The molecule has 35 heavy (non-hydrogen) atoms. The zero-order chi connectivity index (χ0) is 26.5. The predicted octanol–water partition coefficient (Wildman–Crippen LogP) is -3.56. The average molecular weight is 519 g/mol. The number of hydrogen-bond donors (Lipinski definition) is 6. The Kier molecular flexibility index (Phi) is 21.6. The molecule has 6 atom stereocenters. The number of ether oxygens (including phenoxy) is 7. The van der Waals surface area contributed by atoms with E-state index in [0.29, 0.717) is 0 Å². The van der Waals surface area contributed by atoms with Gasteiger partial charge in [0.1, 0.15) is 43.2 Å².